The molecule has 1 heterocycles. The molecule has 7 atom stereocenters. The number of carbonyl (C=O) groups excluding carboxylic acids is 2. The number of unbranched alkanes of at least 4 members (excludes halogenated alkanes) is 26. The van der Waals surface area contributed by atoms with Gasteiger partial charge in [-0.25, -0.2) is 0 Å². The number of ether oxygens (including phenoxy) is 3. The standard InChI is InChI=1S/C58H103NO10/c1-3-5-7-9-11-13-14-26-30-34-38-42-46-54(63)67-47-43-39-35-31-27-24-22-20-18-16-15-17-19-21-23-25-29-33-37-41-45-53(62)59-50(51(61)44-40-36-32-28-12-10-8-6-4-2)49-68-58-57(66)56(65)55(64)52(48-60)69-58/h4,6,11-13,15,17,28,40,44,50-52,55-58,60-61,64-66H,3,5,7-10,14,16,18-27,29-39,41-43,45-49H2,1-2H3,(H,59,62)/b6-4+,13-11-,17-15-,28-12+,44-40+. The van der Waals surface area contributed by atoms with Gasteiger partial charge in [0.2, 0.25) is 5.91 Å². The average molecular weight is 974 g/mol. The Morgan fingerprint density at radius 2 is 1.00 bits per heavy atom. The fourth-order valence-electron chi connectivity index (χ4n) is 8.40. The van der Waals surface area contributed by atoms with E-state index in [-0.39, 0.29) is 18.5 Å². The maximum absolute atomic E-state index is 13.0. The summed E-state index contributed by atoms with van der Waals surface area (Å²) in [5, 5.41) is 54.1. The van der Waals surface area contributed by atoms with E-state index in [4.69, 9.17) is 14.2 Å². The molecule has 69 heavy (non-hydrogen) atoms. The smallest absolute Gasteiger partial charge is 0.305 e. The fourth-order valence-corrected chi connectivity index (χ4v) is 8.40. The molecule has 1 aliphatic heterocycles. The lowest BCUT2D eigenvalue weighted by Crippen LogP contribution is -2.60. The minimum atomic E-state index is -1.58. The lowest BCUT2D eigenvalue weighted by Gasteiger charge is -2.40. The summed E-state index contributed by atoms with van der Waals surface area (Å²) < 4.78 is 16.6. The van der Waals surface area contributed by atoms with Crippen molar-refractivity contribution in [2.45, 2.75) is 275 Å². The van der Waals surface area contributed by atoms with E-state index in [1.54, 1.807) is 6.08 Å². The van der Waals surface area contributed by atoms with Gasteiger partial charge in [0.05, 0.1) is 32.0 Å². The van der Waals surface area contributed by atoms with E-state index in [0.29, 0.717) is 25.9 Å². The van der Waals surface area contributed by atoms with Crippen molar-refractivity contribution < 1.29 is 49.3 Å². The number of aliphatic hydroxyl groups excluding tert-OH is 5. The summed E-state index contributed by atoms with van der Waals surface area (Å²) in [6, 6.07) is -0.840. The van der Waals surface area contributed by atoms with Crippen molar-refractivity contribution in [3.63, 3.8) is 0 Å². The van der Waals surface area contributed by atoms with E-state index >= 15 is 0 Å². The summed E-state index contributed by atoms with van der Waals surface area (Å²) >= 11 is 0. The molecule has 11 heteroatoms. The van der Waals surface area contributed by atoms with Gasteiger partial charge in [-0.15, -0.1) is 0 Å². The highest BCUT2D eigenvalue weighted by atomic mass is 16.7. The van der Waals surface area contributed by atoms with Crippen LogP contribution in [-0.2, 0) is 23.8 Å². The van der Waals surface area contributed by atoms with Crippen LogP contribution in [0.15, 0.2) is 60.8 Å². The first-order valence-corrected chi connectivity index (χ1v) is 28.0. The maximum Gasteiger partial charge on any atom is 0.305 e. The second-order valence-electron chi connectivity index (χ2n) is 19.3. The second-order valence-corrected chi connectivity index (χ2v) is 19.3. The van der Waals surface area contributed by atoms with Crippen molar-refractivity contribution in [2.24, 2.45) is 0 Å². The monoisotopic (exact) mass is 974 g/mol. The molecule has 400 valence electrons. The van der Waals surface area contributed by atoms with Crippen LogP contribution in [0, 0.1) is 0 Å². The van der Waals surface area contributed by atoms with Gasteiger partial charge in [0.25, 0.3) is 0 Å². The van der Waals surface area contributed by atoms with Crippen molar-refractivity contribution in [3.05, 3.63) is 60.8 Å². The largest absolute Gasteiger partial charge is 0.466 e. The molecule has 0 aromatic heterocycles. The third-order valence-electron chi connectivity index (χ3n) is 12.9. The summed E-state index contributed by atoms with van der Waals surface area (Å²) in [4.78, 5) is 25.0. The Labute approximate surface area is 420 Å². The quantitative estimate of drug-likeness (QED) is 0.0196. The number of carbonyl (C=O) groups is 2. The van der Waals surface area contributed by atoms with Crippen LogP contribution >= 0.6 is 0 Å². The number of hydrogen-bond acceptors (Lipinski definition) is 10. The summed E-state index contributed by atoms with van der Waals surface area (Å²) in [7, 11) is 0. The normalized spacial score (nSPS) is 19.8. The minimum absolute atomic E-state index is 0.0200. The lowest BCUT2D eigenvalue weighted by atomic mass is 9.99. The molecule has 7 unspecified atom stereocenters. The van der Waals surface area contributed by atoms with Crippen molar-refractivity contribution in [3.8, 4) is 0 Å². The van der Waals surface area contributed by atoms with E-state index in [1.165, 1.54) is 122 Å². The third kappa shape index (κ3) is 37.8. The summed E-state index contributed by atoms with van der Waals surface area (Å²) in [5.41, 5.74) is 0. The number of aliphatic hydroxyl groups is 5. The molecule has 6 N–H and O–H groups in total. The topological polar surface area (TPSA) is 175 Å². The molecule has 0 saturated carbocycles. The molecule has 11 nitrogen and oxygen atoms in total. The minimum Gasteiger partial charge on any atom is -0.466 e. The van der Waals surface area contributed by atoms with Crippen molar-refractivity contribution >= 4 is 11.9 Å². The Morgan fingerprint density at radius 3 is 1.52 bits per heavy atom. The van der Waals surface area contributed by atoms with E-state index < -0.39 is 49.5 Å². The van der Waals surface area contributed by atoms with E-state index in [9.17, 15) is 35.1 Å². The van der Waals surface area contributed by atoms with Crippen molar-refractivity contribution in [2.75, 3.05) is 19.8 Å². The van der Waals surface area contributed by atoms with E-state index in [1.807, 2.05) is 19.1 Å². The van der Waals surface area contributed by atoms with Gasteiger partial charge in [0.1, 0.15) is 24.4 Å². The van der Waals surface area contributed by atoms with Gasteiger partial charge in [-0.05, 0) is 103 Å². The first kappa shape index (κ1) is 64.4. The molecular formula is C58H103NO10. The van der Waals surface area contributed by atoms with Gasteiger partial charge in [0, 0.05) is 12.8 Å². The van der Waals surface area contributed by atoms with Crippen LogP contribution in [0.4, 0.5) is 0 Å². The zero-order valence-electron chi connectivity index (χ0n) is 43.8. The van der Waals surface area contributed by atoms with Gasteiger partial charge in [-0.3, -0.25) is 9.59 Å². The molecule has 1 saturated heterocycles. The zero-order valence-corrected chi connectivity index (χ0v) is 43.8. The van der Waals surface area contributed by atoms with Crippen LogP contribution < -0.4 is 5.32 Å². The molecular weight excluding hydrogens is 871 g/mol. The van der Waals surface area contributed by atoms with Gasteiger partial charge in [-0.2, -0.15) is 0 Å². The Bertz CT molecular complexity index is 1330. The molecule has 0 radical (unpaired) electrons. The van der Waals surface area contributed by atoms with Gasteiger partial charge in [0.15, 0.2) is 6.29 Å². The van der Waals surface area contributed by atoms with Crippen LogP contribution in [0.3, 0.4) is 0 Å². The van der Waals surface area contributed by atoms with Gasteiger partial charge >= 0.3 is 5.97 Å². The Balaban J connectivity index is 2.06. The first-order valence-electron chi connectivity index (χ1n) is 28.0. The molecule has 1 rings (SSSR count). The predicted molar refractivity (Wildman–Crippen MR) is 283 cm³/mol. The highest BCUT2D eigenvalue weighted by Gasteiger charge is 2.44. The number of rotatable bonds is 47. The van der Waals surface area contributed by atoms with Gasteiger partial charge < -0.3 is 45.1 Å². The van der Waals surface area contributed by atoms with Crippen LogP contribution in [0.1, 0.15) is 232 Å². The van der Waals surface area contributed by atoms with Gasteiger partial charge in [-0.1, -0.05) is 177 Å². The summed E-state index contributed by atoms with van der Waals surface area (Å²) in [5.74, 6) is -0.230. The van der Waals surface area contributed by atoms with Crippen LogP contribution in [-0.4, -0.2) is 100 Å². The van der Waals surface area contributed by atoms with Crippen molar-refractivity contribution in [1.82, 2.24) is 5.32 Å². The third-order valence-corrected chi connectivity index (χ3v) is 12.9. The number of esters is 1. The second kappa shape index (κ2) is 47.7. The molecule has 0 aromatic carbocycles. The number of nitrogens with one attached hydrogen (secondary N) is 1. The molecule has 1 amide bonds. The van der Waals surface area contributed by atoms with E-state index in [2.05, 4.69) is 54.8 Å². The first-order chi connectivity index (χ1) is 33.7. The highest BCUT2D eigenvalue weighted by molar-refractivity contribution is 5.76. The fraction of sp³-hybridized carbons (Fsp3) is 0.793. The molecule has 1 aliphatic rings. The van der Waals surface area contributed by atoms with Crippen LogP contribution in [0.25, 0.3) is 0 Å². The molecule has 1 fully saturated rings. The molecule has 0 aliphatic carbocycles. The van der Waals surface area contributed by atoms with Crippen LogP contribution in [0.5, 0.6) is 0 Å². The number of hydrogen-bond donors (Lipinski definition) is 6. The lowest BCUT2D eigenvalue weighted by molar-refractivity contribution is -0.302. The predicted octanol–water partition coefficient (Wildman–Crippen LogP) is 12.3. The number of amides is 1. The Kier molecular flexibility index (Phi) is 44.5. The zero-order chi connectivity index (χ0) is 50.3. The van der Waals surface area contributed by atoms with Crippen molar-refractivity contribution in [1.29, 1.82) is 0 Å². The molecule has 0 spiro atoms. The Morgan fingerprint density at radius 1 is 0.551 bits per heavy atom. The number of allylic oxidation sites excluding steroid dienone is 9. The summed E-state index contributed by atoms with van der Waals surface area (Å²) in [6.07, 6.45) is 50.5. The SMILES string of the molecule is C/C=C/CC/C=C/CC/C=C/C(O)C(COC1OC(CO)C(O)C(O)C1O)NC(=O)CCCCCCCCC/C=C\CCCCCCCCCCCOC(=O)CCCCCCC/C=C\CCCCC. The Hall–Kier alpha value is -2.64. The molecule has 0 bridgehead atoms. The maximum atomic E-state index is 13.0. The average Bonchev–Trinajstić information content (AvgIpc) is 3.34. The summed E-state index contributed by atoms with van der Waals surface area (Å²) in [6.45, 7) is 4.03. The van der Waals surface area contributed by atoms with Crippen LogP contribution in [0.2, 0.25) is 0 Å². The highest BCUT2D eigenvalue weighted by Crippen LogP contribution is 2.23. The van der Waals surface area contributed by atoms with E-state index in [0.717, 1.165) is 77.0 Å². The molecule has 0 aromatic rings.